The van der Waals surface area contributed by atoms with Gasteiger partial charge in [-0.25, -0.2) is 19.6 Å². The van der Waals surface area contributed by atoms with Crippen LogP contribution in [0, 0.1) is 23.7 Å². The van der Waals surface area contributed by atoms with Gasteiger partial charge in [0, 0.05) is 0 Å². The molecule has 2 saturated carbocycles. The largest absolute Gasteiger partial charge is 0.462 e. The van der Waals surface area contributed by atoms with Crippen LogP contribution in [0.2, 0.25) is 0 Å². The van der Waals surface area contributed by atoms with E-state index < -0.39 is 11.8 Å². The summed E-state index contributed by atoms with van der Waals surface area (Å²) in [6, 6.07) is 0. The van der Waals surface area contributed by atoms with Crippen LogP contribution < -0.4 is 0 Å². The van der Waals surface area contributed by atoms with Crippen LogP contribution in [0.5, 0.6) is 0 Å². The number of allylic oxidation sites excluding steroid dienone is 4. The molecular weight excluding hydrogens is 508 g/mol. The molecular formula is C32H44N2O6. The van der Waals surface area contributed by atoms with Crippen molar-refractivity contribution in [1.29, 1.82) is 0 Å². The number of isocyanates is 2. The van der Waals surface area contributed by atoms with E-state index in [0.717, 1.165) is 77.0 Å². The summed E-state index contributed by atoms with van der Waals surface area (Å²) in [4.78, 5) is 53.5. The zero-order valence-corrected chi connectivity index (χ0v) is 23.6. The van der Waals surface area contributed by atoms with Crippen molar-refractivity contribution in [2.24, 2.45) is 33.7 Å². The van der Waals surface area contributed by atoms with Crippen molar-refractivity contribution >= 4 is 24.1 Å². The Kier molecular flexibility index (Phi) is 14.4. The van der Waals surface area contributed by atoms with E-state index in [1.54, 1.807) is 0 Å². The summed E-state index contributed by atoms with van der Waals surface area (Å²) in [5.74, 6) is -0.233. The molecule has 8 heteroatoms. The van der Waals surface area contributed by atoms with Crippen LogP contribution in [-0.4, -0.2) is 49.4 Å². The van der Waals surface area contributed by atoms with Gasteiger partial charge in [-0.2, -0.15) is 0 Å². The zero-order chi connectivity index (χ0) is 28.4. The van der Waals surface area contributed by atoms with E-state index in [1.807, 2.05) is 24.3 Å². The third-order valence-electron chi connectivity index (χ3n) is 8.53. The molecule has 0 bridgehead atoms. The van der Waals surface area contributed by atoms with Gasteiger partial charge in [-0.3, -0.25) is 9.59 Å². The van der Waals surface area contributed by atoms with Gasteiger partial charge in [0.2, 0.25) is 12.2 Å². The fourth-order valence-electron chi connectivity index (χ4n) is 6.14. The molecule has 0 N–H and O–H groups in total. The smallest absolute Gasteiger partial charge is 0.310 e. The molecule has 2 unspecified atom stereocenters. The van der Waals surface area contributed by atoms with Gasteiger partial charge in [-0.15, -0.1) is 0 Å². The fraction of sp³-hybridized carbons (Fsp3) is 0.688. The minimum Gasteiger partial charge on any atom is -0.462 e. The SMILES string of the molecule is O=C=NCC=CCCC1CCC(OC(=O)C2CC=CCC2C(=O)OC2CCC(CCC=CCN=C=O)CC2)CC1. The maximum absolute atomic E-state index is 13.1. The fourth-order valence-corrected chi connectivity index (χ4v) is 6.14. The Morgan fingerprint density at radius 1 is 0.650 bits per heavy atom. The Morgan fingerprint density at radius 2 is 1.05 bits per heavy atom. The van der Waals surface area contributed by atoms with Crippen LogP contribution in [0.4, 0.5) is 0 Å². The molecule has 3 rings (SSSR count). The van der Waals surface area contributed by atoms with E-state index in [2.05, 4.69) is 22.1 Å². The molecule has 8 nitrogen and oxygen atoms in total. The summed E-state index contributed by atoms with van der Waals surface area (Å²) in [6.45, 7) is 0.775. The van der Waals surface area contributed by atoms with E-state index in [-0.39, 0.29) is 24.1 Å². The molecule has 2 atom stereocenters. The van der Waals surface area contributed by atoms with Crippen LogP contribution in [0.3, 0.4) is 0 Å². The third kappa shape index (κ3) is 11.2. The molecule has 0 radical (unpaired) electrons. The van der Waals surface area contributed by atoms with Gasteiger partial charge in [0.25, 0.3) is 0 Å². The number of rotatable bonds is 14. The maximum atomic E-state index is 13.1. The number of ether oxygens (including phenoxy) is 2. The van der Waals surface area contributed by atoms with Crippen LogP contribution in [0.1, 0.15) is 89.9 Å². The van der Waals surface area contributed by atoms with Crippen molar-refractivity contribution in [3.63, 3.8) is 0 Å². The van der Waals surface area contributed by atoms with Gasteiger partial charge < -0.3 is 9.47 Å². The van der Waals surface area contributed by atoms with E-state index in [4.69, 9.17) is 9.47 Å². The lowest BCUT2D eigenvalue weighted by Gasteiger charge is -2.33. The lowest BCUT2D eigenvalue weighted by molar-refractivity contribution is -0.169. The first-order chi connectivity index (χ1) is 19.6. The number of hydrogen-bond donors (Lipinski definition) is 0. The van der Waals surface area contributed by atoms with Gasteiger partial charge in [0.1, 0.15) is 12.2 Å². The second-order valence-corrected chi connectivity index (χ2v) is 11.3. The lowest BCUT2D eigenvalue weighted by Crippen LogP contribution is -2.37. The highest BCUT2D eigenvalue weighted by atomic mass is 16.6. The average molecular weight is 553 g/mol. The van der Waals surface area contributed by atoms with Crippen molar-refractivity contribution in [3.8, 4) is 0 Å². The Morgan fingerprint density at radius 3 is 1.43 bits per heavy atom. The number of hydrogen-bond acceptors (Lipinski definition) is 8. The quantitative estimate of drug-likeness (QED) is 0.111. The van der Waals surface area contributed by atoms with Gasteiger partial charge in [0.15, 0.2) is 0 Å². The summed E-state index contributed by atoms with van der Waals surface area (Å²) in [5.41, 5.74) is 0. The summed E-state index contributed by atoms with van der Waals surface area (Å²) in [7, 11) is 0. The minimum atomic E-state index is -0.471. The normalized spacial score (nSPS) is 28.5. The molecule has 0 aliphatic heterocycles. The van der Waals surface area contributed by atoms with Gasteiger partial charge in [-0.1, -0.05) is 36.5 Å². The second kappa shape index (κ2) is 18.3. The summed E-state index contributed by atoms with van der Waals surface area (Å²) >= 11 is 0. The lowest BCUT2D eigenvalue weighted by atomic mass is 9.82. The van der Waals surface area contributed by atoms with Gasteiger partial charge >= 0.3 is 11.9 Å². The summed E-state index contributed by atoms with van der Waals surface area (Å²) < 4.78 is 11.9. The number of esters is 2. The molecule has 0 aromatic rings. The molecule has 0 heterocycles. The van der Waals surface area contributed by atoms with Gasteiger partial charge in [0.05, 0.1) is 24.9 Å². The molecule has 0 spiro atoms. The number of carbonyl (C=O) groups is 2. The van der Waals surface area contributed by atoms with Crippen molar-refractivity contribution in [1.82, 2.24) is 0 Å². The molecule has 40 heavy (non-hydrogen) atoms. The highest BCUT2D eigenvalue weighted by Crippen LogP contribution is 2.35. The van der Waals surface area contributed by atoms with E-state index in [1.165, 1.54) is 12.2 Å². The monoisotopic (exact) mass is 552 g/mol. The predicted molar refractivity (Wildman–Crippen MR) is 152 cm³/mol. The van der Waals surface area contributed by atoms with E-state index >= 15 is 0 Å². The molecule has 2 fully saturated rings. The third-order valence-corrected chi connectivity index (χ3v) is 8.53. The maximum Gasteiger partial charge on any atom is 0.310 e. The van der Waals surface area contributed by atoms with E-state index in [0.29, 0.717) is 37.8 Å². The Bertz CT molecular complexity index is 897. The molecule has 0 amide bonds. The van der Waals surface area contributed by atoms with Crippen molar-refractivity contribution < 1.29 is 28.7 Å². The number of nitrogens with zero attached hydrogens (tertiary/aromatic N) is 2. The van der Waals surface area contributed by atoms with Crippen LogP contribution in [0.25, 0.3) is 0 Å². The number of aliphatic imine (C=N–C) groups is 2. The predicted octanol–water partition coefficient (Wildman–Crippen LogP) is 6.12. The highest BCUT2D eigenvalue weighted by Gasteiger charge is 2.39. The molecule has 3 aliphatic carbocycles. The topological polar surface area (TPSA) is 111 Å². The first-order valence-corrected chi connectivity index (χ1v) is 15.0. The Labute approximate surface area is 238 Å². The second-order valence-electron chi connectivity index (χ2n) is 11.3. The number of carbonyl (C=O) groups excluding carboxylic acids is 4. The minimum absolute atomic E-state index is 0.0772. The first kappa shape index (κ1) is 31.4. The zero-order valence-electron chi connectivity index (χ0n) is 23.6. The molecule has 0 aromatic carbocycles. The Hall–Kier alpha value is -3.08. The standard InChI is InChI=1S/C32H44N2O6/c35-23-33-21-7-1-3-9-25-13-17-27(18-14-25)39-31(37)29-11-5-6-12-30(29)32(38)40-28-19-15-26(16-20-28)10-4-2-8-22-34-24-36/h1-2,5-8,25-30H,3-4,9-22H2. The average Bonchev–Trinajstić information content (AvgIpc) is 2.98. The molecule has 218 valence electrons. The summed E-state index contributed by atoms with van der Waals surface area (Å²) in [6.07, 6.45) is 27.5. The highest BCUT2D eigenvalue weighted by molar-refractivity contribution is 5.83. The molecule has 0 aromatic heterocycles. The van der Waals surface area contributed by atoms with E-state index in [9.17, 15) is 19.2 Å². The van der Waals surface area contributed by atoms with Crippen LogP contribution in [0.15, 0.2) is 46.4 Å². The van der Waals surface area contributed by atoms with Crippen molar-refractivity contribution in [3.05, 3.63) is 36.5 Å². The van der Waals surface area contributed by atoms with Crippen molar-refractivity contribution in [2.45, 2.75) is 102 Å². The van der Waals surface area contributed by atoms with Crippen LogP contribution >= 0.6 is 0 Å². The molecule has 0 saturated heterocycles. The Balaban J connectivity index is 1.36. The first-order valence-electron chi connectivity index (χ1n) is 15.0. The van der Waals surface area contributed by atoms with Crippen molar-refractivity contribution in [2.75, 3.05) is 13.1 Å². The molecule has 3 aliphatic rings. The van der Waals surface area contributed by atoms with Gasteiger partial charge in [-0.05, 0) is 102 Å². The summed E-state index contributed by atoms with van der Waals surface area (Å²) in [5, 5.41) is 0. The van der Waals surface area contributed by atoms with Crippen LogP contribution in [-0.2, 0) is 28.7 Å².